The van der Waals surface area contributed by atoms with Crippen molar-refractivity contribution in [2.24, 2.45) is 0 Å². The molecular formula is C17H25NO3. The van der Waals surface area contributed by atoms with Crippen LogP contribution in [0.2, 0.25) is 0 Å². The van der Waals surface area contributed by atoms with Gasteiger partial charge in [-0.3, -0.25) is 9.69 Å². The number of hydrogen-bond acceptors (Lipinski definition) is 4. The van der Waals surface area contributed by atoms with Crippen LogP contribution in [0.5, 0.6) is 5.75 Å². The molecule has 4 nitrogen and oxygen atoms in total. The Kier molecular flexibility index (Phi) is 6.05. The molecule has 1 unspecified atom stereocenters. The molecule has 1 aromatic carbocycles. The molecule has 1 saturated heterocycles. The zero-order valence-electron chi connectivity index (χ0n) is 13.0. The van der Waals surface area contributed by atoms with E-state index >= 15 is 0 Å². The molecule has 0 amide bonds. The summed E-state index contributed by atoms with van der Waals surface area (Å²) in [6.45, 7) is 4.37. The van der Waals surface area contributed by atoms with Crippen LogP contribution in [0.1, 0.15) is 44.2 Å². The smallest absolute Gasteiger partial charge is 0.307 e. The Bertz CT molecular complexity index is 455. The number of nitrogens with zero attached hydrogens (tertiary/aromatic N) is 1. The van der Waals surface area contributed by atoms with E-state index in [9.17, 15) is 4.79 Å². The number of methoxy groups -OCH3 is 1. The molecule has 0 aromatic heterocycles. The standard InChI is InChI=1S/C17H25NO3/c1-3-21-17(19)13-16(18-10-5-4-6-11-18)14-8-7-9-15(12-14)20-2/h7-9,12,16H,3-6,10-11,13H2,1-2H3. The van der Waals surface area contributed by atoms with Gasteiger partial charge in [0.15, 0.2) is 0 Å². The van der Waals surface area contributed by atoms with Crippen molar-refractivity contribution in [2.45, 2.75) is 38.6 Å². The fourth-order valence-electron chi connectivity index (χ4n) is 2.91. The van der Waals surface area contributed by atoms with Crippen LogP contribution in [0.4, 0.5) is 0 Å². The zero-order valence-corrected chi connectivity index (χ0v) is 13.0. The predicted octanol–water partition coefficient (Wildman–Crippen LogP) is 3.18. The third-order valence-electron chi connectivity index (χ3n) is 3.98. The lowest BCUT2D eigenvalue weighted by molar-refractivity contribution is -0.144. The molecule has 0 N–H and O–H groups in total. The Balaban J connectivity index is 2.18. The van der Waals surface area contributed by atoms with E-state index in [1.807, 2.05) is 25.1 Å². The van der Waals surface area contributed by atoms with Crippen molar-refractivity contribution in [3.63, 3.8) is 0 Å². The normalized spacial score (nSPS) is 17.2. The number of rotatable bonds is 6. The number of carbonyl (C=O) groups is 1. The van der Waals surface area contributed by atoms with E-state index in [1.54, 1.807) is 7.11 Å². The molecule has 4 heteroatoms. The molecule has 1 heterocycles. The molecule has 21 heavy (non-hydrogen) atoms. The highest BCUT2D eigenvalue weighted by Gasteiger charge is 2.25. The van der Waals surface area contributed by atoms with E-state index in [0.29, 0.717) is 13.0 Å². The molecule has 2 rings (SSSR count). The number of hydrogen-bond donors (Lipinski definition) is 0. The minimum absolute atomic E-state index is 0.0828. The van der Waals surface area contributed by atoms with E-state index in [2.05, 4.69) is 11.0 Å². The van der Waals surface area contributed by atoms with Gasteiger partial charge >= 0.3 is 5.97 Å². The summed E-state index contributed by atoms with van der Waals surface area (Å²) in [5, 5.41) is 0. The molecule has 1 aromatic rings. The van der Waals surface area contributed by atoms with Crippen molar-refractivity contribution in [3.8, 4) is 5.75 Å². The maximum Gasteiger partial charge on any atom is 0.307 e. The lowest BCUT2D eigenvalue weighted by Crippen LogP contribution is -2.35. The molecule has 0 radical (unpaired) electrons. The van der Waals surface area contributed by atoms with E-state index in [0.717, 1.165) is 24.4 Å². The van der Waals surface area contributed by atoms with Gasteiger partial charge in [-0.2, -0.15) is 0 Å². The summed E-state index contributed by atoms with van der Waals surface area (Å²) in [5.41, 5.74) is 1.13. The van der Waals surface area contributed by atoms with Gasteiger partial charge in [0.25, 0.3) is 0 Å². The first kappa shape index (κ1) is 15.8. The first-order valence-corrected chi connectivity index (χ1v) is 7.78. The van der Waals surface area contributed by atoms with Gasteiger partial charge in [-0.25, -0.2) is 0 Å². The average Bonchev–Trinajstić information content (AvgIpc) is 2.54. The molecular weight excluding hydrogens is 266 g/mol. The number of likely N-dealkylation sites (tertiary alicyclic amines) is 1. The minimum atomic E-state index is -0.129. The molecule has 0 bridgehead atoms. The van der Waals surface area contributed by atoms with Crippen molar-refractivity contribution < 1.29 is 14.3 Å². The second-order valence-electron chi connectivity index (χ2n) is 5.40. The summed E-state index contributed by atoms with van der Waals surface area (Å²) in [6, 6.07) is 8.09. The third-order valence-corrected chi connectivity index (χ3v) is 3.98. The summed E-state index contributed by atoms with van der Waals surface area (Å²) in [7, 11) is 1.67. The third kappa shape index (κ3) is 4.46. The second-order valence-corrected chi connectivity index (χ2v) is 5.40. The van der Waals surface area contributed by atoms with Crippen molar-refractivity contribution >= 4 is 5.97 Å². The molecule has 116 valence electrons. The number of carbonyl (C=O) groups excluding carboxylic acids is 1. The van der Waals surface area contributed by atoms with E-state index < -0.39 is 0 Å². The van der Waals surface area contributed by atoms with Crippen LogP contribution in [0.15, 0.2) is 24.3 Å². The summed E-state index contributed by atoms with van der Waals surface area (Å²) >= 11 is 0. The minimum Gasteiger partial charge on any atom is -0.497 e. The van der Waals surface area contributed by atoms with Crippen molar-refractivity contribution in [3.05, 3.63) is 29.8 Å². The van der Waals surface area contributed by atoms with Gasteiger partial charge in [-0.1, -0.05) is 18.6 Å². The van der Waals surface area contributed by atoms with E-state index in [4.69, 9.17) is 9.47 Å². The van der Waals surface area contributed by atoms with Gasteiger partial charge in [0.2, 0.25) is 0 Å². The largest absolute Gasteiger partial charge is 0.497 e. The summed E-state index contributed by atoms with van der Waals surface area (Å²) in [6.07, 6.45) is 4.08. The summed E-state index contributed by atoms with van der Waals surface area (Å²) < 4.78 is 10.5. The van der Waals surface area contributed by atoms with Gasteiger partial charge < -0.3 is 9.47 Å². The Hall–Kier alpha value is -1.55. The zero-order chi connectivity index (χ0) is 15.1. The van der Waals surface area contributed by atoms with Gasteiger partial charge in [-0.15, -0.1) is 0 Å². The average molecular weight is 291 g/mol. The maximum atomic E-state index is 11.9. The highest BCUT2D eigenvalue weighted by molar-refractivity contribution is 5.70. The number of benzene rings is 1. The van der Waals surface area contributed by atoms with E-state index in [-0.39, 0.29) is 12.0 Å². The Labute approximate surface area is 127 Å². The Morgan fingerprint density at radius 2 is 2.05 bits per heavy atom. The SMILES string of the molecule is CCOC(=O)CC(c1cccc(OC)c1)N1CCCCC1. The number of piperidine rings is 1. The fraction of sp³-hybridized carbons (Fsp3) is 0.588. The van der Waals surface area contributed by atoms with E-state index in [1.165, 1.54) is 19.3 Å². The molecule has 1 aliphatic heterocycles. The quantitative estimate of drug-likeness (QED) is 0.755. The lowest BCUT2D eigenvalue weighted by Gasteiger charge is -2.34. The van der Waals surface area contributed by atoms with Crippen molar-refractivity contribution in [1.29, 1.82) is 0 Å². The van der Waals surface area contributed by atoms with Gasteiger partial charge in [0.1, 0.15) is 5.75 Å². The molecule has 0 aliphatic carbocycles. The van der Waals surface area contributed by atoms with Crippen LogP contribution in [-0.2, 0) is 9.53 Å². The van der Waals surface area contributed by atoms with Gasteiger partial charge in [0.05, 0.1) is 20.1 Å². The monoisotopic (exact) mass is 291 g/mol. The summed E-state index contributed by atoms with van der Waals surface area (Å²) in [4.78, 5) is 14.3. The fourth-order valence-corrected chi connectivity index (χ4v) is 2.91. The van der Waals surface area contributed by atoms with Crippen LogP contribution in [0.25, 0.3) is 0 Å². The molecule has 0 saturated carbocycles. The van der Waals surface area contributed by atoms with Gasteiger partial charge in [-0.05, 0) is 50.6 Å². The molecule has 0 spiro atoms. The Morgan fingerprint density at radius 3 is 2.71 bits per heavy atom. The van der Waals surface area contributed by atoms with Crippen LogP contribution >= 0.6 is 0 Å². The van der Waals surface area contributed by atoms with Crippen molar-refractivity contribution in [1.82, 2.24) is 4.90 Å². The van der Waals surface area contributed by atoms with Gasteiger partial charge in [0, 0.05) is 6.04 Å². The maximum absolute atomic E-state index is 11.9. The van der Waals surface area contributed by atoms with Crippen LogP contribution in [-0.4, -0.2) is 37.7 Å². The summed E-state index contributed by atoms with van der Waals surface area (Å²) in [5.74, 6) is 0.703. The van der Waals surface area contributed by atoms with Crippen molar-refractivity contribution in [2.75, 3.05) is 26.8 Å². The van der Waals surface area contributed by atoms with Crippen LogP contribution in [0, 0.1) is 0 Å². The highest BCUT2D eigenvalue weighted by Crippen LogP contribution is 2.30. The Morgan fingerprint density at radius 1 is 1.29 bits per heavy atom. The molecule has 1 fully saturated rings. The predicted molar refractivity (Wildman–Crippen MR) is 82.4 cm³/mol. The number of ether oxygens (including phenoxy) is 2. The molecule has 1 atom stereocenters. The first-order chi connectivity index (χ1) is 10.2. The number of esters is 1. The first-order valence-electron chi connectivity index (χ1n) is 7.78. The lowest BCUT2D eigenvalue weighted by atomic mass is 9.98. The van der Waals surface area contributed by atoms with Crippen LogP contribution < -0.4 is 4.74 Å². The molecule has 1 aliphatic rings. The van der Waals surface area contributed by atoms with Crippen LogP contribution in [0.3, 0.4) is 0 Å². The highest BCUT2D eigenvalue weighted by atomic mass is 16.5. The second kappa shape index (κ2) is 8.03. The topological polar surface area (TPSA) is 38.8 Å².